The van der Waals surface area contributed by atoms with Gasteiger partial charge in [-0.1, -0.05) is 38.3 Å². The molecule has 2 nitrogen and oxygen atoms in total. The Kier molecular flexibility index (Phi) is 7.73. The van der Waals surface area contributed by atoms with Gasteiger partial charge in [-0.15, -0.1) is 0 Å². The van der Waals surface area contributed by atoms with Gasteiger partial charge < -0.3 is 9.47 Å². The third-order valence-electron chi connectivity index (χ3n) is 5.55. The number of benzene rings is 2. The topological polar surface area (TPSA) is 18.5 Å². The van der Waals surface area contributed by atoms with Crippen LogP contribution in [-0.4, -0.2) is 19.5 Å². The van der Waals surface area contributed by atoms with Crippen LogP contribution in [0, 0.1) is 30.3 Å². The van der Waals surface area contributed by atoms with Gasteiger partial charge in [-0.3, -0.25) is 0 Å². The van der Waals surface area contributed by atoms with Crippen molar-refractivity contribution in [1.82, 2.24) is 0 Å². The molecule has 0 unspecified atom stereocenters. The highest BCUT2D eigenvalue weighted by Crippen LogP contribution is 2.28. The van der Waals surface area contributed by atoms with Crippen molar-refractivity contribution < 1.29 is 22.6 Å². The zero-order chi connectivity index (χ0) is 20.8. The zero-order valence-electron chi connectivity index (χ0n) is 17.1. The monoisotopic (exact) mass is 406 g/mol. The molecule has 1 heterocycles. The third kappa shape index (κ3) is 5.83. The van der Waals surface area contributed by atoms with E-state index >= 15 is 0 Å². The third-order valence-corrected chi connectivity index (χ3v) is 5.55. The lowest BCUT2D eigenvalue weighted by Gasteiger charge is -2.29. The quantitative estimate of drug-likeness (QED) is 0.461. The van der Waals surface area contributed by atoms with Gasteiger partial charge in [-0.2, -0.15) is 0 Å². The van der Waals surface area contributed by atoms with Crippen molar-refractivity contribution in [2.75, 3.05) is 13.2 Å². The van der Waals surface area contributed by atoms with E-state index in [1.54, 1.807) is 12.1 Å². The molecule has 2 aromatic rings. The molecule has 0 bridgehead atoms. The first-order chi connectivity index (χ1) is 14.0. The number of hydrogen-bond acceptors (Lipinski definition) is 2. The van der Waals surface area contributed by atoms with Gasteiger partial charge in [0.1, 0.15) is 17.5 Å². The van der Waals surface area contributed by atoms with Crippen molar-refractivity contribution in [3.63, 3.8) is 0 Å². The van der Waals surface area contributed by atoms with Crippen LogP contribution in [0.1, 0.15) is 50.2 Å². The van der Waals surface area contributed by atoms with Crippen LogP contribution in [0.3, 0.4) is 0 Å². The molecule has 0 saturated carbocycles. The lowest BCUT2D eigenvalue weighted by atomic mass is 9.99. The maximum atomic E-state index is 14.6. The number of aryl methyl sites for hydroxylation is 1. The Morgan fingerprint density at radius 3 is 2.21 bits per heavy atom. The lowest BCUT2D eigenvalue weighted by molar-refractivity contribution is -0.203. The molecule has 1 saturated heterocycles. The molecule has 0 amide bonds. The first-order valence-corrected chi connectivity index (χ1v) is 10.5. The summed E-state index contributed by atoms with van der Waals surface area (Å²) in [7, 11) is 0. The SMILES string of the molecule is CCCCCC1COC(CCc2ccc(-c3cc(F)c(C)c(F)c3)c(F)c2)OC1. The molecule has 1 aliphatic rings. The molecular formula is C24H29F3O2. The van der Waals surface area contributed by atoms with Gasteiger partial charge in [0, 0.05) is 23.5 Å². The summed E-state index contributed by atoms with van der Waals surface area (Å²) >= 11 is 0. The van der Waals surface area contributed by atoms with Crippen LogP contribution in [0.4, 0.5) is 13.2 Å². The summed E-state index contributed by atoms with van der Waals surface area (Å²) in [5.74, 6) is -1.39. The molecule has 2 aromatic carbocycles. The maximum absolute atomic E-state index is 14.6. The van der Waals surface area contributed by atoms with Crippen molar-refractivity contribution in [3.8, 4) is 11.1 Å². The van der Waals surface area contributed by atoms with Crippen LogP contribution in [0.2, 0.25) is 0 Å². The number of unbranched alkanes of at least 4 members (excludes halogenated alkanes) is 2. The Hall–Kier alpha value is -1.85. The fourth-order valence-corrected chi connectivity index (χ4v) is 3.63. The normalized spacial score (nSPS) is 19.5. The van der Waals surface area contributed by atoms with Crippen LogP contribution in [0.15, 0.2) is 30.3 Å². The van der Waals surface area contributed by atoms with Crippen LogP contribution < -0.4 is 0 Å². The van der Waals surface area contributed by atoms with Gasteiger partial charge >= 0.3 is 0 Å². The van der Waals surface area contributed by atoms with Crippen LogP contribution in [0.25, 0.3) is 11.1 Å². The smallest absolute Gasteiger partial charge is 0.157 e. The Bertz CT molecular complexity index is 791. The van der Waals surface area contributed by atoms with E-state index in [4.69, 9.17) is 9.47 Å². The first-order valence-electron chi connectivity index (χ1n) is 10.5. The predicted octanol–water partition coefficient (Wildman–Crippen LogP) is 6.58. The van der Waals surface area contributed by atoms with Crippen molar-refractivity contribution >= 4 is 0 Å². The second-order valence-electron chi connectivity index (χ2n) is 7.88. The summed E-state index contributed by atoms with van der Waals surface area (Å²) in [6, 6.07) is 7.10. The number of hydrogen-bond donors (Lipinski definition) is 0. The number of halogens is 3. The minimum absolute atomic E-state index is 0.0640. The molecule has 29 heavy (non-hydrogen) atoms. The number of ether oxygens (including phenoxy) is 2. The minimum atomic E-state index is -0.678. The molecule has 3 rings (SSSR count). The van der Waals surface area contributed by atoms with E-state index in [1.807, 2.05) is 0 Å². The van der Waals surface area contributed by atoms with E-state index in [2.05, 4.69) is 6.92 Å². The average molecular weight is 406 g/mol. The molecule has 5 heteroatoms. The lowest BCUT2D eigenvalue weighted by Crippen LogP contribution is -2.32. The molecule has 0 atom stereocenters. The van der Waals surface area contributed by atoms with Gasteiger partial charge in [-0.25, -0.2) is 13.2 Å². The first kappa shape index (κ1) is 21.8. The maximum Gasteiger partial charge on any atom is 0.157 e. The molecule has 0 aliphatic carbocycles. The van der Waals surface area contributed by atoms with Crippen LogP contribution in [-0.2, 0) is 15.9 Å². The Morgan fingerprint density at radius 1 is 0.897 bits per heavy atom. The van der Waals surface area contributed by atoms with E-state index < -0.39 is 17.5 Å². The average Bonchev–Trinajstić information content (AvgIpc) is 2.71. The standard InChI is InChI=1S/C24H29F3O2/c1-3-4-5-6-18-14-28-24(29-15-18)10-8-17-7-9-20(23(27)11-17)19-12-21(25)16(2)22(26)13-19/h7,9,11-13,18,24H,3-6,8,10,14-15H2,1-2H3. The molecule has 0 radical (unpaired) electrons. The second-order valence-corrected chi connectivity index (χ2v) is 7.88. The van der Waals surface area contributed by atoms with Gasteiger partial charge in [0.25, 0.3) is 0 Å². The van der Waals surface area contributed by atoms with Crippen molar-refractivity contribution in [1.29, 1.82) is 0 Å². The van der Waals surface area contributed by atoms with Crippen LogP contribution >= 0.6 is 0 Å². The van der Waals surface area contributed by atoms with Crippen molar-refractivity contribution in [3.05, 3.63) is 58.9 Å². The highest BCUT2D eigenvalue weighted by molar-refractivity contribution is 5.65. The largest absolute Gasteiger partial charge is 0.352 e. The summed E-state index contributed by atoms with van der Waals surface area (Å²) in [5.41, 5.74) is 1.12. The molecule has 158 valence electrons. The van der Waals surface area contributed by atoms with E-state index in [-0.39, 0.29) is 23.0 Å². The van der Waals surface area contributed by atoms with E-state index in [1.165, 1.54) is 32.3 Å². The van der Waals surface area contributed by atoms with E-state index in [0.717, 1.165) is 24.1 Å². The van der Waals surface area contributed by atoms with E-state index in [0.29, 0.717) is 32.0 Å². The summed E-state index contributed by atoms with van der Waals surface area (Å²) in [6.45, 7) is 4.98. The molecule has 0 N–H and O–H groups in total. The molecule has 1 aliphatic heterocycles. The van der Waals surface area contributed by atoms with E-state index in [9.17, 15) is 13.2 Å². The Labute approximate surface area is 171 Å². The zero-order valence-corrected chi connectivity index (χ0v) is 17.1. The van der Waals surface area contributed by atoms with Gasteiger partial charge in [0.05, 0.1) is 13.2 Å². The fourth-order valence-electron chi connectivity index (χ4n) is 3.63. The Balaban J connectivity index is 1.54. The molecule has 1 fully saturated rings. The summed E-state index contributed by atoms with van der Waals surface area (Å²) in [5, 5.41) is 0. The Morgan fingerprint density at radius 2 is 1.59 bits per heavy atom. The molecular weight excluding hydrogens is 377 g/mol. The van der Waals surface area contributed by atoms with Gasteiger partial charge in [0.2, 0.25) is 0 Å². The fraction of sp³-hybridized carbons (Fsp3) is 0.500. The summed E-state index contributed by atoms with van der Waals surface area (Å²) in [6.07, 6.45) is 5.78. The molecule has 0 spiro atoms. The van der Waals surface area contributed by atoms with Crippen LogP contribution in [0.5, 0.6) is 0 Å². The second kappa shape index (κ2) is 10.3. The van der Waals surface area contributed by atoms with Crippen molar-refractivity contribution in [2.24, 2.45) is 5.92 Å². The highest BCUT2D eigenvalue weighted by atomic mass is 19.1. The minimum Gasteiger partial charge on any atom is -0.352 e. The predicted molar refractivity (Wildman–Crippen MR) is 108 cm³/mol. The summed E-state index contributed by atoms with van der Waals surface area (Å²) < 4.78 is 53.7. The summed E-state index contributed by atoms with van der Waals surface area (Å²) in [4.78, 5) is 0. The van der Waals surface area contributed by atoms with Gasteiger partial charge in [-0.05, 0) is 49.1 Å². The number of rotatable bonds is 8. The molecule has 0 aromatic heterocycles. The van der Waals surface area contributed by atoms with Gasteiger partial charge in [0.15, 0.2) is 6.29 Å². The highest BCUT2D eigenvalue weighted by Gasteiger charge is 2.22. The van der Waals surface area contributed by atoms with Crippen molar-refractivity contribution in [2.45, 2.75) is 58.7 Å².